The summed E-state index contributed by atoms with van der Waals surface area (Å²) in [5, 5.41) is 3.46. The molecule has 94 valence electrons. The van der Waals surface area contributed by atoms with Crippen LogP contribution < -0.4 is 5.32 Å². The fraction of sp³-hybridized carbons (Fsp3) is 0.786. The van der Waals surface area contributed by atoms with Crippen LogP contribution in [0.5, 0.6) is 0 Å². The zero-order valence-corrected chi connectivity index (χ0v) is 10.9. The summed E-state index contributed by atoms with van der Waals surface area (Å²) in [5.41, 5.74) is 1.80. The van der Waals surface area contributed by atoms with Gasteiger partial charge in [0.05, 0.1) is 6.33 Å². The third kappa shape index (κ3) is 1.90. The van der Waals surface area contributed by atoms with Crippen molar-refractivity contribution in [2.24, 2.45) is 5.92 Å². The van der Waals surface area contributed by atoms with E-state index in [0.717, 1.165) is 19.0 Å². The lowest BCUT2D eigenvalue weighted by Gasteiger charge is -2.40. The van der Waals surface area contributed by atoms with E-state index < -0.39 is 0 Å². The summed E-state index contributed by atoms with van der Waals surface area (Å²) < 4.78 is 2.46. The molecule has 1 aromatic heterocycles. The van der Waals surface area contributed by atoms with Crippen LogP contribution in [0.15, 0.2) is 12.5 Å². The molecule has 2 heterocycles. The van der Waals surface area contributed by atoms with Crippen molar-refractivity contribution in [2.75, 3.05) is 13.1 Å². The Bertz CT molecular complexity index is 384. The van der Waals surface area contributed by atoms with Crippen LogP contribution in [-0.2, 0) is 5.41 Å². The third-order valence-electron chi connectivity index (χ3n) is 4.73. The average molecular weight is 233 g/mol. The lowest BCUT2D eigenvalue weighted by molar-refractivity contribution is 0.199. The van der Waals surface area contributed by atoms with E-state index >= 15 is 0 Å². The molecular weight excluding hydrogens is 210 g/mol. The van der Waals surface area contributed by atoms with E-state index in [-0.39, 0.29) is 0 Å². The molecule has 0 aromatic carbocycles. The van der Waals surface area contributed by atoms with E-state index in [9.17, 15) is 0 Å². The summed E-state index contributed by atoms with van der Waals surface area (Å²) in [5.74, 6) is 0.899. The molecule has 3 rings (SSSR count). The fourth-order valence-corrected chi connectivity index (χ4v) is 3.38. The Morgan fingerprint density at radius 1 is 1.35 bits per heavy atom. The molecule has 0 radical (unpaired) electrons. The lowest BCUT2D eigenvalue weighted by atomic mass is 9.76. The molecule has 0 bridgehead atoms. The quantitative estimate of drug-likeness (QED) is 0.850. The van der Waals surface area contributed by atoms with Gasteiger partial charge in [-0.3, -0.25) is 0 Å². The first kappa shape index (κ1) is 11.3. The normalized spacial score (nSPS) is 32.1. The van der Waals surface area contributed by atoms with Crippen LogP contribution in [0.1, 0.15) is 51.3 Å². The van der Waals surface area contributed by atoms with Crippen molar-refractivity contribution in [1.29, 1.82) is 0 Å². The van der Waals surface area contributed by atoms with Gasteiger partial charge in [0.2, 0.25) is 0 Å². The molecule has 17 heavy (non-hydrogen) atoms. The molecule has 2 fully saturated rings. The van der Waals surface area contributed by atoms with Crippen LogP contribution in [0.25, 0.3) is 0 Å². The SMILES string of the molecule is CC1CC(n2cncc2C2(C)CCNCC2)C1. The second-order valence-corrected chi connectivity index (χ2v) is 6.23. The minimum atomic E-state index is 0.334. The largest absolute Gasteiger partial charge is 0.331 e. The van der Waals surface area contributed by atoms with Crippen LogP contribution in [0, 0.1) is 5.92 Å². The van der Waals surface area contributed by atoms with Crippen molar-refractivity contribution in [1.82, 2.24) is 14.9 Å². The topological polar surface area (TPSA) is 29.9 Å². The minimum Gasteiger partial charge on any atom is -0.331 e. The molecule has 1 saturated heterocycles. The number of nitrogens with zero attached hydrogens (tertiary/aromatic N) is 2. The summed E-state index contributed by atoms with van der Waals surface area (Å²) in [4.78, 5) is 4.41. The number of hydrogen-bond donors (Lipinski definition) is 1. The van der Waals surface area contributed by atoms with Gasteiger partial charge in [-0.15, -0.1) is 0 Å². The van der Waals surface area contributed by atoms with Crippen molar-refractivity contribution < 1.29 is 0 Å². The maximum atomic E-state index is 4.41. The van der Waals surface area contributed by atoms with Crippen molar-refractivity contribution in [3.05, 3.63) is 18.2 Å². The molecule has 0 atom stereocenters. The Morgan fingerprint density at radius 2 is 2.06 bits per heavy atom. The maximum Gasteiger partial charge on any atom is 0.0950 e. The van der Waals surface area contributed by atoms with Crippen LogP contribution in [0.4, 0.5) is 0 Å². The van der Waals surface area contributed by atoms with E-state index in [0.29, 0.717) is 11.5 Å². The summed E-state index contributed by atoms with van der Waals surface area (Å²) in [6, 6.07) is 0.717. The molecule has 1 N–H and O–H groups in total. The zero-order valence-electron chi connectivity index (χ0n) is 10.9. The van der Waals surface area contributed by atoms with Crippen molar-refractivity contribution in [2.45, 2.75) is 51.0 Å². The van der Waals surface area contributed by atoms with Gasteiger partial charge in [-0.25, -0.2) is 4.98 Å². The monoisotopic (exact) mass is 233 g/mol. The first-order chi connectivity index (χ1) is 8.19. The highest BCUT2D eigenvalue weighted by molar-refractivity contribution is 5.17. The van der Waals surface area contributed by atoms with Crippen molar-refractivity contribution in [3.63, 3.8) is 0 Å². The van der Waals surface area contributed by atoms with Gasteiger partial charge in [-0.2, -0.15) is 0 Å². The summed E-state index contributed by atoms with van der Waals surface area (Å²) in [7, 11) is 0. The molecule has 2 aliphatic rings. The van der Waals surface area contributed by atoms with E-state index in [4.69, 9.17) is 0 Å². The van der Waals surface area contributed by atoms with E-state index in [2.05, 4.69) is 41.2 Å². The Balaban J connectivity index is 1.85. The number of rotatable bonds is 2. The van der Waals surface area contributed by atoms with Gasteiger partial charge in [0.1, 0.15) is 0 Å². The molecule has 0 amide bonds. The molecule has 0 spiro atoms. The first-order valence-corrected chi connectivity index (χ1v) is 6.92. The molecule has 0 unspecified atom stereocenters. The Hall–Kier alpha value is -0.830. The van der Waals surface area contributed by atoms with E-state index in [1.165, 1.54) is 31.4 Å². The zero-order chi connectivity index (χ0) is 11.9. The van der Waals surface area contributed by atoms with E-state index in [1.807, 2.05) is 0 Å². The second kappa shape index (κ2) is 4.13. The van der Waals surface area contributed by atoms with Gasteiger partial charge in [0.15, 0.2) is 0 Å². The predicted octanol–water partition coefficient (Wildman–Crippen LogP) is 2.50. The Kier molecular flexibility index (Phi) is 2.74. The number of imidazole rings is 1. The molecule has 1 aliphatic carbocycles. The van der Waals surface area contributed by atoms with Crippen LogP contribution in [0.3, 0.4) is 0 Å². The number of nitrogens with one attached hydrogen (secondary N) is 1. The van der Waals surface area contributed by atoms with Crippen molar-refractivity contribution in [3.8, 4) is 0 Å². The number of hydrogen-bond acceptors (Lipinski definition) is 2. The van der Waals surface area contributed by atoms with Gasteiger partial charge in [-0.1, -0.05) is 13.8 Å². The highest BCUT2D eigenvalue weighted by atomic mass is 15.1. The van der Waals surface area contributed by atoms with Gasteiger partial charge in [-0.05, 0) is 44.7 Å². The lowest BCUT2D eigenvalue weighted by Crippen LogP contribution is -2.40. The summed E-state index contributed by atoms with van der Waals surface area (Å²) >= 11 is 0. The van der Waals surface area contributed by atoms with Gasteiger partial charge in [0, 0.05) is 23.3 Å². The maximum absolute atomic E-state index is 4.41. The number of piperidine rings is 1. The summed E-state index contributed by atoms with van der Waals surface area (Å²) in [6.07, 6.45) is 9.30. The van der Waals surface area contributed by atoms with Crippen LogP contribution in [0.2, 0.25) is 0 Å². The third-order valence-corrected chi connectivity index (χ3v) is 4.73. The molecule has 1 aromatic rings. The number of aromatic nitrogens is 2. The molecule has 3 nitrogen and oxygen atoms in total. The molecular formula is C14H23N3. The van der Waals surface area contributed by atoms with Crippen LogP contribution >= 0.6 is 0 Å². The van der Waals surface area contributed by atoms with Crippen LogP contribution in [-0.4, -0.2) is 22.6 Å². The first-order valence-electron chi connectivity index (χ1n) is 6.92. The highest BCUT2D eigenvalue weighted by Gasteiger charge is 2.35. The average Bonchev–Trinajstić information content (AvgIpc) is 2.75. The standard InChI is InChI=1S/C14H23N3/c1-11-7-12(8-11)17-10-16-9-13(17)14(2)3-5-15-6-4-14/h9-12,15H,3-8H2,1-2H3. The van der Waals surface area contributed by atoms with E-state index in [1.54, 1.807) is 0 Å². The molecule has 1 aliphatic heterocycles. The summed E-state index contributed by atoms with van der Waals surface area (Å²) in [6.45, 7) is 7.04. The second-order valence-electron chi connectivity index (χ2n) is 6.23. The van der Waals surface area contributed by atoms with Gasteiger partial charge >= 0.3 is 0 Å². The Labute approximate surface area is 104 Å². The smallest absolute Gasteiger partial charge is 0.0950 e. The molecule has 3 heteroatoms. The highest BCUT2D eigenvalue weighted by Crippen LogP contribution is 2.41. The van der Waals surface area contributed by atoms with Crippen molar-refractivity contribution >= 4 is 0 Å². The van der Waals surface area contributed by atoms with Gasteiger partial charge in [0.25, 0.3) is 0 Å². The molecule has 1 saturated carbocycles. The minimum absolute atomic E-state index is 0.334. The van der Waals surface area contributed by atoms with Gasteiger partial charge < -0.3 is 9.88 Å². The fourth-order valence-electron chi connectivity index (χ4n) is 3.38. The predicted molar refractivity (Wildman–Crippen MR) is 69.1 cm³/mol. The Morgan fingerprint density at radius 3 is 2.71 bits per heavy atom.